The third-order valence-corrected chi connectivity index (χ3v) is 13.7. The third kappa shape index (κ3) is 51.7. The van der Waals surface area contributed by atoms with E-state index in [0.717, 1.165) is 44.9 Å². The Kier molecular flexibility index (Phi) is 54.5. The van der Waals surface area contributed by atoms with Gasteiger partial charge in [0.05, 0.1) is 25.4 Å². The monoisotopic (exact) mass is 930 g/mol. The molecule has 0 saturated carbocycles. The van der Waals surface area contributed by atoms with Gasteiger partial charge in [-0.05, 0) is 57.8 Å². The fourth-order valence-corrected chi connectivity index (χ4v) is 9.16. The number of carbonyl (C=O) groups excluding carboxylic acids is 2. The second-order valence-corrected chi connectivity index (χ2v) is 20.3. The van der Waals surface area contributed by atoms with Crippen LogP contribution in [0.3, 0.4) is 0 Å². The highest BCUT2D eigenvalue weighted by atomic mass is 16.5. The number of aliphatic hydroxyl groups is 2. The van der Waals surface area contributed by atoms with Crippen molar-refractivity contribution in [3.8, 4) is 0 Å². The van der Waals surface area contributed by atoms with E-state index >= 15 is 0 Å². The summed E-state index contributed by atoms with van der Waals surface area (Å²) in [5, 5.41) is 23.0. The van der Waals surface area contributed by atoms with Crippen molar-refractivity contribution in [2.24, 2.45) is 0 Å². The number of hydrogen-bond acceptors (Lipinski definition) is 5. The fraction of sp³-hybridized carbons (Fsp3) is 0.900. The van der Waals surface area contributed by atoms with Crippen molar-refractivity contribution < 1.29 is 24.5 Å². The highest BCUT2D eigenvalue weighted by Gasteiger charge is 2.18. The minimum Gasteiger partial charge on any atom is -0.466 e. The third-order valence-electron chi connectivity index (χ3n) is 13.7. The van der Waals surface area contributed by atoms with E-state index in [4.69, 9.17) is 4.74 Å². The smallest absolute Gasteiger partial charge is 0.305 e. The van der Waals surface area contributed by atoms with Crippen LogP contribution in [0.25, 0.3) is 0 Å². The van der Waals surface area contributed by atoms with E-state index in [1.165, 1.54) is 250 Å². The number of unbranched alkanes of at least 4 members (excludes halogenated alkanes) is 42. The van der Waals surface area contributed by atoms with Crippen LogP contribution < -0.4 is 5.32 Å². The molecule has 0 rings (SSSR count). The predicted molar refractivity (Wildman–Crippen MR) is 287 cm³/mol. The average Bonchev–Trinajstić information content (AvgIpc) is 3.32. The van der Waals surface area contributed by atoms with Gasteiger partial charge in [-0.15, -0.1) is 0 Å². The number of hydrogen-bond donors (Lipinski definition) is 3. The van der Waals surface area contributed by atoms with Crippen molar-refractivity contribution in [1.82, 2.24) is 5.32 Å². The van der Waals surface area contributed by atoms with Crippen LogP contribution in [0.1, 0.15) is 322 Å². The SMILES string of the molecule is CCCCCCCCCCCC/C=C/C(O)C(CO)NC(=O)CCCCCCCCC/C=C\CCCCCCCCCCCCCOC(=O)CCCCCCCCCCCCCCCCC. The molecular formula is C60H115NO5. The van der Waals surface area contributed by atoms with E-state index in [-0.39, 0.29) is 18.5 Å². The number of ether oxygens (including phenoxy) is 1. The first-order valence-electron chi connectivity index (χ1n) is 29.6. The maximum absolute atomic E-state index is 12.4. The van der Waals surface area contributed by atoms with Crippen LogP contribution in [0.15, 0.2) is 24.3 Å². The van der Waals surface area contributed by atoms with E-state index in [0.29, 0.717) is 19.4 Å². The summed E-state index contributed by atoms with van der Waals surface area (Å²) in [6.45, 7) is 4.90. The van der Waals surface area contributed by atoms with Crippen molar-refractivity contribution in [1.29, 1.82) is 0 Å². The lowest BCUT2D eigenvalue weighted by Gasteiger charge is -2.20. The van der Waals surface area contributed by atoms with Gasteiger partial charge in [0.15, 0.2) is 0 Å². The Balaban J connectivity index is 3.41. The molecule has 0 aliphatic heterocycles. The summed E-state index contributed by atoms with van der Waals surface area (Å²) in [6, 6.07) is -0.631. The molecule has 1 amide bonds. The van der Waals surface area contributed by atoms with Crippen molar-refractivity contribution in [2.75, 3.05) is 13.2 Å². The number of rotatable bonds is 55. The van der Waals surface area contributed by atoms with E-state index in [2.05, 4.69) is 31.3 Å². The topological polar surface area (TPSA) is 95.9 Å². The molecule has 0 aromatic heterocycles. The number of esters is 1. The van der Waals surface area contributed by atoms with Crippen LogP contribution in [0.2, 0.25) is 0 Å². The average molecular weight is 931 g/mol. The lowest BCUT2D eigenvalue weighted by atomic mass is 10.0. The largest absolute Gasteiger partial charge is 0.466 e. The summed E-state index contributed by atoms with van der Waals surface area (Å²) in [6.07, 6.45) is 67.8. The summed E-state index contributed by atoms with van der Waals surface area (Å²) in [7, 11) is 0. The summed E-state index contributed by atoms with van der Waals surface area (Å²) in [5.41, 5.74) is 0. The molecule has 0 aliphatic rings. The highest BCUT2D eigenvalue weighted by Crippen LogP contribution is 2.17. The zero-order valence-corrected chi connectivity index (χ0v) is 44.4. The van der Waals surface area contributed by atoms with Gasteiger partial charge in [0.25, 0.3) is 0 Å². The predicted octanol–water partition coefficient (Wildman–Crippen LogP) is 18.2. The summed E-state index contributed by atoms with van der Waals surface area (Å²) in [5.74, 6) is -0.0627. The molecule has 2 unspecified atom stereocenters. The molecule has 0 fully saturated rings. The molecule has 0 aromatic rings. The number of allylic oxidation sites excluding steroid dienone is 3. The molecule has 0 aromatic carbocycles. The normalized spacial score (nSPS) is 12.7. The van der Waals surface area contributed by atoms with Gasteiger partial charge in [-0.2, -0.15) is 0 Å². The van der Waals surface area contributed by atoms with E-state index in [9.17, 15) is 19.8 Å². The molecule has 6 nitrogen and oxygen atoms in total. The summed E-state index contributed by atoms with van der Waals surface area (Å²) < 4.78 is 5.48. The minimum absolute atomic E-state index is 0.0123. The van der Waals surface area contributed by atoms with Crippen LogP contribution in [0, 0.1) is 0 Å². The molecule has 0 heterocycles. The quantitative estimate of drug-likeness (QED) is 0.0321. The minimum atomic E-state index is -0.847. The van der Waals surface area contributed by atoms with Gasteiger partial charge < -0.3 is 20.3 Å². The molecule has 6 heteroatoms. The standard InChI is InChI=1S/C60H115NO5/c1-3-5-7-9-11-13-15-17-26-30-34-38-42-46-50-54-60(65)66-55-51-47-43-39-35-31-28-25-23-21-19-18-20-22-24-27-29-33-37-41-45-49-53-59(64)61-57(56-62)58(63)52-48-44-40-36-32-16-14-12-10-8-6-4-2/h20,22,48,52,57-58,62-63H,3-19,21,23-47,49-51,53-56H2,1-2H3,(H,61,64)/b22-20-,52-48+. The molecule has 0 radical (unpaired) electrons. The second-order valence-electron chi connectivity index (χ2n) is 20.3. The number of aliphatic hydroxyl groups excluding tert-OH is 2. The molecular weight excluding hydrogens is 815 g/mol. The van der Waals surface area contributed by atoms with Gasteiger partial charge in [0.1, 0.15) is 0 Å². The van der Waals surface area contributed by atoms with E-state index in [1.54, 1.807) is 6.08 Å². The van der Waals surface area contributed by atoms with Gasteiger partial charge in [0, 0.05) is 12.8 Å². The summed E-state index contributed by atoms with van der Waals surface area (Å²) in [4.78, 5) is 24.5. The van der Waals surface area contributed by atoms with Crippen LogP contribution in [-0.4, -0.2) is 47.4 Å². The van der Waals surface area contributed by atoms with Gasteiger partial charge in [-0.1, -0.05) is 276 Å². The van der Waals surface area contributed by atoms with Crippen LogP contribution >= 0.6 is 0 Å². The van der Waals surface area contributed by atoms with E-state index in [1.807, 2.05) is 6.08 Å². The van der Waals surface area contributed by atoms with Crippen molar-refractivity contribution >= 4 is 11.9 Å². The Morgan fingerprint density at radius 2 is 0.712 bits per heavy atom. The van der Waals surface area contributed by atoms with Gasteiger partial charge in [-0.25, -0.2) is 0 Å². The van der Waals surface area contributed by atoms with Crippen LogP contribution in [0.5, 0.6) is 0 Å². The Morgan fingerprint density at radius 3 is 1.08 bits per heavy atom. The van der Waals surface area contributed by atoms with E-state index < -0.39 is 12.1 Å². The Hall–Kier alpha value is -1.66. The zero-order chi connectivity index (χ0) is 47.9. The lowest BCUT2D eigenvalue weighted by Crippen LogP contribution is -2.45. The van der Waals surface area contributed by atoms with Crippen LogP contribution in [-0.2, 0) is 14.3 Å². The van der Waals surface area contributed by atoms with Gasteiger partial charge in [0.2, 0.25) is 5.91 Å². The first-order chi connectivity index (χ1) is 32.5. The Morgan fingerprint density at radius 1 is 0.409 bits per heavy atom. The molecule has 3 N–H and O–H groups in total. The van der Waals surface area contributed by atoms with Crippen LogP contribution in [0.4, 0.5) is 0 Å². The van der Waals surface area contributed by atoms with Gasteiger partial charge >= 0.3 is 5.97 Å². The molecule has 0 aliphatic carbocycles. The molecule has 390 valence electrons. The highest BCUT2D eigenvalue weighted by molar-refractivity contribution is 5.76. The number of nitrogens with one attached hydrogen (secondary N) is 1. The second kappa shape index (κ2) is 55.9. The maximum atomic E-state index is 12.4. The summed E-state index contributed by atoms with van der Waals surface area (Å²) >= 11 is 0. The number of amides is 1. The zero-order valence-electron chi connectivity index (χ0n) is 44.4. The first kappa shape index (κ1) is 64.3. The Bertz CT molecular complexity index is 1030. The fourth-order valence-electron chi connectivity index (χ4n) is 9.16. The molecule has 0 saturated heterocycles. The lowest BCUT2D eigenvalue weighted by molar-refractivity contribution is -0.143. The van der Waals surface area contributed by atoms with Crippen molar-refractivity contribution in [3.05, 3.63) is 24.3 Å². The van der Waals surface area contributed by atoms with Crippen molar-refractivity contribution in [3.63, 3.8) is 0 Å². The molecule has 66 heavy (non-hydrogen) atoms. The molecule has 2 atom stereocenters. The molecule has 0 bridgehead atoms. The number of carbonyl (C=O) groups is 2. The van der Waals surface area contributed by atoms with Crippen molar-refractivity contribution in [2.45, 2.75) is 334 Å². The molecule has 0 spiro atoms. The maximum Gasteiger partial charge on any atom is 0.305 e. The Labute approximate surface area is 411 Å². The first-order valence-corrected chi connectivity index (χ1v) is 29.6. The van der Waals surface area contributed by atoms with Gasteiger partial charge in [-0.3, -0.25) is 9.59 Å².